The summed E-state index contributed by atoms with van der Waals surface area (Å²) < 4.78 is 2.02. The molecule has 1 aromatic carbocycles. The lowest BCUT2D eigenvalue weighted by Crippen LogP contribution is -2.47. The number of halogens is 1. The number of amides is 1. The largest absolute Gasteiger partial charge is 0.368 e. The summed E-state index contributed by atoms with van der Waals surface area (Å²) in [4.78, 5) is 37.5. The van der Waals surface area contributed by atoms with Crippen LogP contribution < -0.4 is 15.4 Å². The van der Waals surface area contributed by atoms with Crippen molar-refractivity contribution >= 4 is 69.0 Å². The maximum atomic E-state index is 13.5. The first-order valence-corrected chi connectivity index (χ1v) is 12.6. The van der Waals surface area contributed by atoms with Crippen LogP contribution in [0.2, 0.25) is 5.02 Å². The fraction of sp³-hybridized carbons (Fsp3) is 0.250. The average molecular weight is 512 g/mol. The smallest absolute Gasteiger partial charge is 0.267 e. The molecule has 2 saturated heterocycles. The van der Waals surface area contributed by atoms with Crippen molar-refractivity contribution in [2.24, 2.45) is 0 Å². The quantitative estimate of drug-likeness (QED) is 0.389. The number of thiocarbonyl (C=S) groups is 1. The minimum absolute atomic E-state index is 0.174. The predicted octanol–water partition coefficient (Wildman–Crippen LogP) is 3.90. The molecule has 2 aromatic heterocycles. The van der Waals surface area contributed by atoms with Crippen LogP contribution in [0.1, 0.15) is 12.5 Å². The molecule has 174 valence electrons. The Hall–Kier alpha value is -2.88. The molecule has 2 aliphatic rings. The number of piperazine rings is 1. The Bertz CT molecular complexity index is 1380. The van der Waals surface area contributed by atoms with Crippen molar-refractivity contribution < 1.29 is 4.79 Å². The van der Waals surface area contributed by atoms with E-state index < -0.39 is 0 Å². The number of hydrogen-bond donors (Lipinski definition) is 0. The second-order valence-electron chi connectivity index (χ2n) is 7.96. The molecule has 0 aliphatic carbocycles. The minimum atomic E-state index is -0.209. The lowest BCUT2D eigenvalue weighted by molar-refractivity contribution is -0.121. The number of thioether (sulfide) groups is 1. The zero-order chi connectivity index (χ0) is 23.8. The highest BCUT2D eigenvalue weighted by molar-refractivity contribution is 8.26. The minimum Gasteiger partial charge on any atom is -0.368 e. The van der Waals surface area contributed by atoms with Crippen LogP contribution in [-0.4, -0.2) is 57.2 Å². The SMILES string of the molecule is CCN1C(=O)C(=Cc2c(N3CCN(c4cccc(Cl)c4)CC3)nc3ccccn3c2=O)SC1=S. The lowest BCUT2D eigenvalue weighted by atomic mass is 10.2. The zero-order valence-corrected chi connectivity index (χ0v) is 20.9. The topological polar surface area (TPSA) is 61.2 Å². The Morgan fingerprint density at radius 1 is 1.09 bits per heavy atom. The van der Waals surface area contributed by atoms with Crippen LogP contribution in [0.3, 0.4) is 0 Å². The van der Waals surface area contributed by atoms with Crippen molar-refractivity contribution in [3.05, 3.63) is 74.5 Å². The molecule has 0 unspecified atom stereocenters. The molecule has 2 fully saturated rings. The molecule has 0 radical (unpaired) electrons. The van der Waals surface area contributed by atoms with E-state index in [2.05, 4.69) is 9.80 Å². The normalized spacial score (nSPS) is 17.9. The van der Waals surface area contributed by atoms with Gasteiger partial charge in [0.2, 0.25) is 0 Å². The molecule has 34 heavy (non-hydrogen) atoms. The molecule has 7 nitrogen and oxygen atoms in total. The van der Waals surface area contributed by atoms with Crippen molar-refractivity contribution in [2.45, 2.75) is 6.92 Å². The molecule has 0 N–H and O–H groups in total. The number of hydrogen-bond acceptors (Lipinski definition) is 7. The van der Waals surface area contributed by atoms with Crippen molar-refractivity contribution in [1.82, 2.24) is 14.3 Å². The molecular formula is C24H22ClN5O2S2. The summed E-state index contributed by atoms with van der Waals surface area (Å²) >= 11 is 12.7. The van der Waals surface area contributed by atoms with Crippen LogP contribution in [0, 0.1) is 0 Å². The predicted molar refractivity (Wildman–Crippen MR) is 143 cm³/mol. The van der Waals surface area contributed by atoms with Gasteiger partial charge in [-0.3, -0.25) is 18.9 Å². The van der Waals surface area contributed by atoms with Gasteiger partial charge in [-0.1, -0.05) is 47.7 Å². The molecule has 0 bridgehead atoms. The molecule has 5 rings (SSSR count). The number of likely N-dealkylation sites (N-methyl/N-ethyl adjacent to an activating group) is 1. The molecular weight excluding hydrogens is 490 g/mol. The molecule has 0 spiro atoms. The molecule has 3 aromatic rings. The maximum absolute atomic E-state index is 13.5. The third-order valence-corrected chi connectivity index (χ3v) is 7.58. The van der Waals surface area contributed by atoms with Gasteiger partial charge >= 0.3 is 0 Å². The Kier molecular flexibility index (Phi) is 6.33. The Morgan fingerprint density at radius 2 is 1.85 bits per heavy atom. The van der Waals surface area contributed by atoms with E-state index in [-0.39, 0.29) is 11.5 Å². The van der Waals surface area contributed by atoms with E-state index in [1.165, 1.54) is 16.2 Å². The second kappa shape index (κ2) is 9.40. The van der Waals surface area contributed by atoms with E-state index in [1.807, 2.05) is 43.3 Å². The molecule has 0 saturated carbocycles. The highest BCUT2D eigenvalue weighted by Crippen LogP contribution is 2.33. The van der Waals surface area contributed by atoms with Gasteiger partial charge in [0, 0.05) is 49.6 Å². The number of aromatic nitrogens is 2. The molecule has 2 aliphatic heterocycles. The van der Waals surface area contributed by atoms with Gasteiger partial charge in [-0.05, 0) is 43.3 Å². The first kappa shape index (κ1) is 22.9. The van der Waals surface area contributed by atoms with Gasteiger partial charge in [0.05, 0.1) is 10.5 Å². The first-order valence-electron chi connectivity index (χ1n) is 11.0. The number of pyridine rings is 1. The number of rotatable bonds is 4. The van der Waals surface area contributed by atoms with Crippen LogP contribution in [0.25, 0.3) is 11.7 Å². The number of benzene rings is 1. The van der Waals surface area contributed by atoms with Crippen LogP contribution in [0.5, 0.6) is 0 Å². The van der Waals surface area contributed by atoms with Gasteiger partial charge in [-0.25, -0.2) is 4.98 Å². The number of carbonyl (C=O) groups excluding carboxylic acids is 1. The van der Waals surface area contributed by atoms with E-state index in [0.29, 0.717) is 50.9 Å². The van der Waals surface area contributed by atoms with E-state index in [1.54, 1.807) is 23.2 Å². The number of carbonyl (C=O) groups is 1. The summed E-state index contributed by atoms with van der Waals surface area (Å²) in [5.74, 6) is 0.412. The Labute approximate surface area is 211 Å². The van der Waals surface area contributed by atoms with Gasteiger partial charge in [0.15, 0.2) is 0 Å². The third kappa shape index (κ3) is 4.19. The standard InChI is InChI=1S/C24H22ClN5O2S2/c1-2-29-23(32)19(34-24(29)33)15-18-21(26-20-8-3-4-9-30(20)22(18)31)28-12-10-27(11-13-28)17-7-5-6-16(25)14-17/h3-9,14-15H,2,10-13H2,1H3. The second-order valence-corrected chi connectivity index (χ2v) is 10.1. The Balaban J connectivity index is 1.52. The molecule has 0 atom stereocenters. The van der Waals surface area contributed by atoms with Crippen LogP contribution in [-0.2, 0) is 4.79 Å². The van der Waals surface area contributed by atoms with Gasteiger partial charge < -0.3 is 9.80 Å². The Morgan fingerprint density at radius 3 is 2.56 bits per heavy atom. The summed E-state index contributed by atoms with van der Waals surface area (Å²) in [6.45, 7) is 5.25. The fourth-order valence-electron chi connectivity index (χ4n) is 4.21. The van der Waals surface area contributed by atoms with E-state index in [0.717, 1.165) is 18.8 Å². The summed E-state index contributed by atoms with van der Waals surface area (Å²) in [6, 6.07) is 13.3. The number of anilines is 2. The fourth-order valence-corrected chi connectivity index (χ4v) is 5.76. The van der Waals surface area contributed by atoms with Crippen LogP contribution in [0.15, 0.2) is 58.4 Å². The van der Waals surface area contributed by atoms with E-state index in [4.69, 9.17) is 28.8 Å². The average Bonchev–Trinajstić information content (AvgIpc) is 3.12. The first-order chi connectivity index (χ1) is 16.5. The third-order valence-electron chi connectivity index (χ3n) is 5.97. The van der Waals surface area contributed by atoms with Crippen molar-refractivity contribution in [1.29, 1.82) is 0 Å². The molecule has 4 heterocycles. The van der Waals surface area contributed by atoms with Gasteiger partial charge in [-0.2, -0.15) is 0 Å². The molecule has 10 heteroatoms. The van der Waals surface area contributed by atoms with Crippen LogP contribution in [0.4, 0.5) is 11.5 Å². The highest BCUT2D eigenvalue weighted by atomic mass is 35.5. The highest BCUT2D eigenvalue weighted by Gasteiger charge is 2.32. The summed E-state index contributed by atoms with van der Waals surface area (Å²) in [6.07, 6.45) is 3.35. The summed E-state index contributed by atoms with van der Waals surface area (Å²) in [5, 5.41) is 0.704. The lowest BCUT2D eigenvalue weighted by Gasteiger charge is -2.37. The van der Waals surface area contributed by atoms with Crippen molar-refractivity contribution in [3.63, 3.8) is 0 Å². The number of fused-ring (bicyclic) bond motifs is 1. The van der Waals surface area contributed by atoms with E-state index in [9.17, 15) is 9.59 Å². The van der Waals surface area contributed by atoms with Crippen LogP contribution >= 0.6 is 35.6 Å². The number of nitrogens with zero attached hydrogens (tertiary/aromatic N) is 5. The summed E-state index contributed by atoms with van der Waals surface area (Å²) in [7, 11) is 0. The monoisotopic (exact) mass is 511 g/mol. The summed E-state index contributed by atoms with van der Waals surface area (Å²) in [5.41, 5.74) is 1.83. The van der Waals surface area contributed by atoms with Crippen molar-refractivity contribution in [3.8, 4) is 0 Å². The van der Waals surface area contributed by atoms with Gasteiger partial charge in [-0.15, -0.1) is 0 Å². The van der Waals surface area contributed by atoms with Gasteiger partial charge in [0.25, 0.3) is 11.5 Å². The maximum Gasteiger partial charge on any atom is 0.267 e. The zero-order valence-electron chi connectivity index (χ0n) is 18.5. The van der Waals surface area contributed by atoms with Crippen molar-refractivity contribution in [2.75, 3.05) is 42.5 Å². The molecule has 1 amide bonds. The van der Waals surface area contributed by atoms with Gasteiger partial charge in [0.1, 0.15) is 15.8 Å². The van der Waals surface area contributed by atoms with E-state index >= 15 is 0 Å².